The van der Waals surface area contributed by atoms with Gasteiger partial charge in [0.2, 0.25) is 0 Å². The SMILES string of the molecule is CC#CCNCC#CC(C)(C)C. The van der Waals surface area contributed by atoms with Crippen LogP contribution in [0.2, 0.25) is 0 Å². The normalized spacial score (nSPS) is 9.33. The van der Waals surface area contributed by atoms with Gasteiger partial charge >= 0.3 is 0 Å². The van der Waals surface area contributed by atoms with Crippen LogP contribution in [0.15, 0.2) is 0 Å². The average Bonchev–Trinajstić information content (AvgIpc) is 1.94. The lowest BCUT2D eigenvalue weighted by Crippen LogP contribution is -2.14. The molecule has 66 valence electrons. The summed E-state index contributed by atoms with van der Waals surface area (Å²) in [7, 11) is 0. The zero-order valence-electron chi connectivity index (χ0n) is 8.41. The predicted molar refractivity (Wildman–Crippen MR) is 53.6 cm³/mol. The smallest absolute Gasteiger partial charge is 0.0584 e. The van der Waals surface area contributed by atoms with Crippen molar-refractivity contribution in [2.45, 2.75) is 27.7 Å². The van der Waals surface area contributed by atoms with E-state index in [9.17, 15) is 0 Å². The third-order valence-corrected chi connectivity index (χ3v) is 1.07. The molecule has 0 fully saturated rings. The highest BCUT2D eigenvalue weighted by molar-refractivity contribution is 5.09. The van der Waals surface area contributed by atoms with Gasteiger partial charge in [0.25, 0.3) is 0 Å². The third kappa shape index (κ3) is 9.08. The molecule has 0 saturated heterocycles. The number of nitrogens with one attached hydrogen (secondary N) is 1. The lowest BCUT2D eigenvalue weighted by molar-refractivity contribution is 0.570. The van der Waals surface area contributed by atoms with E-state index in [-0.39, 0.29) is 5.41 Å². The molecule has 0 aromatic carbocycles. The van der Waals surface area contributed by atoms with Gasteiger partial charge in [0.05, 0.1) is 13.1 Å². The third-order valence-electron chi connectivity index (χ3n) is 1.07. The first-order chi connectivity index (χ1) is 5.56. The first-order valence-electron chi connectivity index (χ1n) is 4.16. The maximum Gasteiger partial charge on any atom is 0.0584 e. The van der Waals surface area contributed by atoms with E-state index < -0.39 is 0 Å². The molecule has 0 aromatic rings. The minimum Gasteiger partial charge on any atom is -0.295 e. The summed E-state index contributed by atoms with van der Waals surface area (Å²) in [6.45, 7) is 9.60. The van der Waals surface area contributed by atoms with E-state index in [0.717, 1.165) is 13.1 Å². The number of hydrogen-bond acceptors (Lipinski definition) is 1. The van der Waals surface area contributed by atoms with Gasteiger partial charge in [-0.25, -0.2) is 0 Å². The highest BCUT2D eigenvalue weighted by atomic mass is 14.8. The van der Waals surface area contributed by atoms with Crippen LogP contribution in [0.3, 0.4) is 0 Å². The van der Waals surface area contributed by atoms with Crippen molar-refractivity contribution in [3.05, 3.63) is 0 Å². The molecular formula is C11H17N. The molecule has 0 unspecified atom stereocenters. The van der Waals surface area contributed by atoms with Crippen LogP contribution < -0.4 is 5.32 Å². The molecule has 0 atom stereocenters. The highest BCUT2D eigenvalue weighted by Crippen LogP contribution is 2.09. The Balaban J connectivity index is 3.51. The van der Waals surface area contributed by atoms with Crippen molar-refractivity contribution in [2.24, 2.45) is 5.41 Å². The Bertz CT molecular complexity index is 224. The van der Waals surface area contributed by atoms with Crippen LogP contribution in [0.4, 0.5) is 0 Å². The van der Waals surface area contributed by atoms with E-state index in [2.05, 4.69) is 49.8 Å². The molecule has 0 bridgehead atoms. The van der Waals surface area contributed by atoms with Gasteiger partial charge in [-0.05, 0) is 27.7 Å². The lowest BCUT2D eigenvalue weighted by atomic mass is 9.98. The maximum atomic E-state index is 3.14. The Labute approximate surface area is 75.9 Å². The molecule has 0 saturated carbocycles. The fourth-order valence-corrected chi connectivity index (χ4v) is 0.585. The quantitative estimate of drug-likeness (QED) is 0.482. The summed E-state index contributed by atoms with van der Waals surface area (Å²) < 4.78 is 0. The minimum absolute atomic E-state index is 0.109. The lowest BCUT2D eigenvalue weighted by Gasteiger charge is -2.06. The van der Waals surface area contributed by atoms with Crippen molar-refractivity contribution in [1.29, 1.82) is 0 Å². The van der Waals surface area contributed by atoms with Gasteiger partial charge in [-0.3, -0.25) is 5.32 Å². The van der Waals surface area contributed by atoms with Crippen molar-refractivity contribution in [1.82, 2.24) is 5.32 Å². The summed E-state index contributed by atoms with van der Waals surface area (Å²) in [6.07, 6.45) is 0. The molecule has 12 heavy (non-hydrogen) atoms. The van der Waals surface area contributed by atoms with Crippen molar-refractivity contribution < 1.29 is 0 Å². The van der Waals surface area contributed by atoms with E-state index in [1.807, 2.05) is 6.92 Å². The number of hydrogen-bond donors (Lipinski definition) is 1. The van der Waals surface area contributed by atoms with Gasteiger partial charge in [-0.1, -0.05) is 17.8 Å². The first kappa shape index (κ1) is 11.1. The Kier molecular flexibility index (Phi) is 5.26. The average molecular weight is 163 g/mol. The summed E-state index contributed by atoms with van der Waals surface area (Å²) in [6, 6.07) is 0. The van der Waals surface area contributed by atoms with Crippen molar-refractivity contribution >= 4 is 0 Å². The molecule has 0 aromatic heterocycles. The van der Waals surface area contributed by atoms with Crippen LogP contribution in [0.25, 0.3) is 0 Å². The Morgan fingerprint density at radius 1 is 1.08 bits per heavy atom. The van der Waals surface area contributed by atoms with Crippen LogP contribution >= 0.6 is 0 Å². The number of rotatable bonds is 2. The molecule has 0 radical (unpaired) electrons. The second kappa shape index (κ2) is 5.70. The van der Waals surface area contributed by atoms with Crippen molar-refractivity contribution in [3.63, 3.8) is 0 Å². The Hall–Kier alpha value is -0.920. The highest BCUT2D eigenvalue weighted by Gasteiger charge is 2.02. The van der Waals surface area contributed by atoms with Gasteiger partial charge in [-0.2, -0.15) is 0 Å². The fraction of sp³-hybridized carbons (Fsp3) is 0.636. The summed E-state index contributed by atoms with van der Waals surface area (Å²) in [5.41, 5.74) is 0.109. The van der Waals surface area contributed by atoms with E-state index in [4.69, 9.17) is 0 Å². The summed E-state index contributed by atoms with van der Waals surface area (Å²) in [5.74, 6) is 11.9. The van der Waals surface area contributed by atoms with Crippen LogP contribution in [0, 0.1) is 29.1 Å². The van der Waals surface area contributed by atoms with Crippen molar-refractivity contribution in [2.75, 3.05) is 13.1 Å². The monoisotopic (exact) mass is 163 g/mol. The first-order valence-corrected chi connectivity index (χ1v) is 4.16. The fourth-order valence-electron chi connectivity index (χ4n) is 0.585. The van der Waals surface area contributed by atoms with Gasteiger partial charge in [0.1, 0.15) is 0 Å². The Morgan fingerprint density at radius 2 is 1.67 bits per heavy atom. The zero-order valence-corrected chi connectivity index (χ0v) is 8.41. The zero-order chi connectivity index (χ0) is 9.45. The molecule has 0 aliphatic rings. The molecule has 0 rings (SSSR count). The molecule has 0 heterocycles. The predicted octanol–water partition coefficient (Wildman–Crippen LogP) is 1.65. The van der Waals surface area contributed by atoms with Crippen molar-refractivity contribution in [3.8, 4) is 23.7 Å². The minimum atomic E-state index is 0.109. The second-order valence-corrected chi connectivity index (χ2v) is 3.58. The van der Waals surface area contributed by atoms with Gasteiger partial charge in [0, 0.05) is 5.41 Å². The molecule has 0 amide bonds. The van der Waals surface area contributed by atoms with E-state index in [1.165, 1.54) is 0 Å². The van der Waals surface area contributed by atoms with Crippen LogP contribution in [-0.4, -0.2) is 13.1 Å². The molecule has 0 aliphatic heterocycles. The van der Waals surface area contributed by atoms with Crippen LogP contribution in [0.5, 0.6) is 0 Å². The van der Waals surface area contributed by atoms with E-state index in [0.29, 0.717) is 0 Å². The summed E-state index contributed by atoms with van der Waals surface area (Å²) in [5, 5.41) is 3.11. The molecule has 0 spiro atoms. The largest absolute Gasteiger partial charge is 0.295 e. The van der Waals surface area contributed by atoms with E-state index >= 15 is 0 Å². The second-order valence-electron chi connectivity index (χ2n) is 3.58. The summed E-state index contributed by atoms with van der Waals surface area (Å²) in [4.78, 5) is 0. The topological polar surface area (TPSA) is 12.0 Å². The van der Waals surface area contributed by atoms with E-state index in [1.54, 1.807) is 0 Å². The maximum absolute atomic E-state index is 3.14. The van der Waals surface area contributed by atoms with Gasteiger partial charge in [0.15, 0.2) is 0 Å². The molecule has 1 N–H and O–H groups in total. The van der Waals surface area contributed by atoms with Crippen LogP contribution in [-0.2, 0) is 0 Å². The molecule has 0 aliphatic carbocycles. The molecular weight excluding hydrogens is 146 g/mol. The summed E-state index contributed by atoms with van der Waals surface area (Å²) >= 11 is 0. The Morgan fingerprint density at radius 3 is 2.17 bits per heavy atom. The van der Waals surface area contributed by atoms with Gasteiger partial charge < -0.3 is 0 Å². The molecule has 1 heteroatoms. The molecule has 1 nitrogen and oxygen atoms in total. The standard InChI is InChI=1S/C11H17N/c1-5-6-9-12-10-7-8-11(2,3)4/h12H,9-10H2,1-4H3. The van der Waals surface area contributed by atoms with Gasteiger partial charge in [-0.15, -0.1) is 5.92 Å². The van der Waals surface area contributed by atoms with Crippen LogP contribution in [0.1, 0.15) is 27.7 Å².